The van der Waals surface area contributed by atoms with Crippen LogP contribution in [0.3, 0.4) is 0 Å². The Bertz CT molecular complexity index is 318. The van der Waals surface area contributed by atoms with Gasteiger partial charge in [-0.05, 0) is 18.4 Å². The Balaban J connectivity index is 2.01. The van der Waals surface area contributed by atoms with Gasteiger partial charge in [-0.3, -0.25) is 4.79 Å². The Morgan fingerprint density at radius 1 is 1.29 bits per heavy atom. The molecular formula is C12H14O2. The van der Waals surface area contributed by atoms with Gasteiger partial charge in [-0.2, -0.15) is 0 Å². The molecule has 1 saturated heterocycles. The summed E-state index contributed by atoms with van der Waals surface area (Å²) in [7, 11) is 0. The molecule has 0 amide bonds. The van der Waals surface area contributed by atoms with Crippen LogP contribution in [0.2, 0.25) is 0 Å². The van der Waals surface area contributed by atoms with Crippen LogP contribution < -0.4 is 0 Å². The van der Waals surface area contributed by atoms with Gasteiger partial charge >= 0.3 is 5.97 Å². The van der Waals surface area contributed by atoms with E-state index in [1.807, 2.05) is 18.2 Å². The fourth-order valence-electron chi connectivity index (χ4n) is 1.85. The summed E-state index contributed by atoms with van der Waals surface area (Å²) in [6.45, 7) is 2.05. The van der Waals surface area contributed by atoms with E-state index < -0.39 is 0 Å². The van der Waals surface area contributed by atoms with Crippen LogP contribution in [-0.4, -0.2) is 12.1 Å². The second-order valence-electron chi connectivity index (χ2n) is 3.68. The molecule has 0 saturated carbocycles. The van der Waals surface area contributed by atoms with E-state index in [9.17, 15) is 4.79 Å². The van der Waals surface area contributed by atoms with Gasteiger partial charge in [0.25, 0.3) is 0 Å². The van der Waals surface area contributed by atoms with E-state index in [4.69, 9.17) is 4.74 Å². The third-order valence-electron chi connectivity index (χ3n) is 2.72. The normalized spacial score (nSPS) is 25.4. The summed E-state index contributed by atoms with van der Waals surface area (Å²) in [5.41, 5.74) is 1.22. The lowest BCUT2D eigenvalue weighted by atomic mass is 9.88. The highest BCUT2D eigenvalue weighted by Crippen LogP contribution is 2.28. The van der Waals surface area contributed by atoms with E-state index in [0.717, 1.165) is 12.8 Å². The maximum atomic E-state index is 11.2. The van der Waals surface area contributed by atoms with Gasteiger partial charge in [0.15, 0.2) is 0 Å². The molecule has 1 heterocycles. The van der Waals surface area contributed by atoms with Gasteiger partial charge in [-0.25, -0.2) is 0 Å². The second-order valence-corrected chi connectivity index (χ2v) is 3.68. The van der Waals surface area contributed by atoms with Crippen LogP contribution in [0.25, 0.3) is 0 Å². The van der Waals surface area contributed by atoms with Crippen molar-refractivity contribution in [1.82, 2.24) is 0 Å². The molecule has 1 aromatic rings. The summed E-state index contributed by atoms with van der Waals surface area (Å²) in [5.74, 6) is 0.0445. The lowest BCUT2D eigenvalue weighted by molar-refractivity contribution is -0.184. The third-order valence-corrected chi connectivity index (χ3v) is 2.72. The molecule has 1 aromatic carbocycles. The molecule has 2 rings (SSSR count). The van der Waals surface area contributed by atoms with Crippen LogP contribution in [0, 0.1) is 5.92 Å². The van der Waals surface area contributed by atoms with Gasteiger partial charge in [0, 0.05) is 0 Å². The van der Waals surface area contributed by atoms with Gasteiger partial charge in [0.1, 0.15) is 6.10 Å². The highest BCUT2D eigenvalue weighted by atomic mass is 16.6. The highest BCUT2D eigenvalue weighted by Gasteiger charge is 2.40. The molecule has 14 heavy (non-hydrogen) atoms. The van der Waals surface area contributed by atoms with Crippen LogP contribution in [0.5, 0.6) is 0 Å². The molecule has 2 heteroatoms. The van der Waals surface area contributed by atoms with Crippen LogP contribution in [-0.2, 0) is 16.0 Å². The van der Waals surface area contributed by atoms with E-state index in [1.165, 1.54) is 5.56 Å². The first-order valence-corrected chi connectivity index (χ1v) is 5.05. The average Bonchev–Trinajstić information content (AvgIpc) is 2.24. The SMILES string of the molecule is CCC1OC(=O)C1Cc1ccccc1. The maximum Gasteiger partial charge on any atom is 0.313 e. The summed E-state index contributed by atoms with van der Waals surface area (Å²) in [4.78, 5) is 11.2. The minimum Gasteiger partial charge on any atom is -0.461 e. The smallest absolute Gasteiger partial charge is 0.313 e. The van der Waals surface area contributed by atoms with E-state index in [-0.39, 0.29) is 18.0 Å². The van der Waals surface area contributed by atoms with Crippen LogP contribution in [0.1, 0.15) is 18.9 Å². The van der Waals surface area contributed by atoms with Gasteiger partial charge < -0.3 is 4.74 Å². The number of ether oxygens (including phenoxy) is 1. The quantitative estimate of drug-likeness (QED) is 0.683. The zero-order valence-corrected chi connectivity index (χ0v) is 8.27. The van der Waals surface area contributed by atoms with Gasteiger partial charge in [-0.1, -0.05) is 37.3 Å². The van der Waals surface area contributed by atoms with E-state index in [0.29, 0.717) is 0 Å². The minimum absolute atomic E-state index is 0.0410. The summed E-state index contributed by atoms with van der Waals surface area (Å²) in [6, 6.07) is 10.1. The van der Waals surface area contributed by atoms with E-state index in [1.54, 1.807) is 0 Å². The molecule has 1 fully saturated rings. The van der Waals surface area contributed by atoms with Crippen LogP contribution in [0.4, 0.5) is 0 Å². The fourth-order valence-corrected chi connectivity index (χ4v) is 1.85. The predicted molar refractivity (Wildman–Crippen MR) is 53.8 cm³/mol. The predicted octanol–water partition coefficient (Wildman–Crippen LogP) is 2.18. The number of benzene rings is 1. The Kier molecular flexibility index (Phi) is 2.53. The van der Waals surface area contributed by atoms with Gasteiger partial charge in [-0.15, -0.1) is 0 Å². The number of carbonyl (C=O) groups excluding carboxylic acids is 1. The Labute approximate surface area is 83.9 Å². The van der Waals surface area contributed by atoms with Crippen molar-refractivity contribution in [3.63, 3.8) is 0 Å². The van der Waals surface area contributed by atoms with Crippen molar-refractivity contribution in [2.24, 2.45) is 5.92 Å². The first-order chi connectivity index (χ1) is 6.81. The highest BCUT2D eigenvalue weighted by molar-refractivity contribution is 5.78. The molecule has 0 aromatic heterocycles. The molecule has 0 radical (unpaired) electrons. The molecule has 1 aliphatic heterocycles. The topological polar surface area (TPSA) is 26.3 Å². The lowest BCUT2D eigenvalue weighted by Gasteiger charge is -2.34. The number of rotatable bonds is 3. The number of cyclic esters (lactones) is 1. The monoisotopic (exact) mass is 190 g/mol. The zero-order chi connectivity index (χ0) is 9.97. The minimum atomic E-state index is -0.0410. The molecule has 74 valence electrons. The van der Waals surface area contributed by atoms with Crippen molar-refractivity contribution in [2.75, 3.05) is 0 Å². The number of carbonyl (C=O) groups is 1. The Morgan fingerprint density at radius 2 is 2.00 bits per heavy atom. The summed E-state index contributed by atoms with van der Waals surface area (Å²) < 4.78 is 5.03. The molecule has 0 spiro atoms. The average molecular weight is 190 g/mol. The maximum absolute atomic E-state index is 11.2. The molecule has 0 N–H and O–H groups in total. The van der Waals surface area contributed by atoms with Crippen molar-refractivity contribution in [1.29, 1.82) is 0 Å². The van der Waals surface area contributed by atoms with Crippen molar-refractivity contribution in [3.8, 4) is 0 Å². The first-order valence-electron chi connectivity index (χ1n) is 5.05. The molecule has 0 aliphatic carbocycles. The van der Waals surface area contributed by atoms with Crippen molar-refractivity contribution in [2.45, 2.75) is 25.9 Å². The van der Waals surface area contributed by atoms with Crippen molar-refractivity contribution >= 4 is 5.97 Å². The van der Waals surface area contributed by atoms with Crippen molar-refractivity contribution < 1.29 is 9.53 Å². The molecule has 2 unspecified atom stereocenters. The summed E-state index contributed by atoms with van der Waals surface area (Å²) >= 11 is 0. The molecule has 2 nitrogen and oxygen atoms in total. The molecule has 0 bridgehead atoms. The van der Waals surface area contributed by atoms with Gasteiger partial charge in [0.2, 0.25) is 0 Å². The van der Waals surface area contributed by atoms with Crippen LogP contribution in [0.15, 0.2) is 30.3 Å². The zero-order valence-electron chi connectivity index (χ0n) is 8.27. The summed E-state index contributed by atoms with van der Waals surface area (Å²) in [6.07, 6.45) is 1.88. The fraction of sp³-hybridized carbons (Fsp3) is 0.417. The largest absolute Gasteiger partial charge is 0.461 e. The third kappa shape index (κ3) is 1.65. The van der Waals surface area contributed by atoms with Gasteiger partial charge in [0.05, 0.1) is 5.92 Å². The molecular weight excluding hydrogens is 176 g/mol. The van der Waals surface area contributed by atoms with E-state index in [2.05, 4.69) is 19.1 Å². The Hall–Kier alpha value is -1.31. The number of esters is 1. The van der Waals surface area contributed by atoms with E-state index >= 15 is 0 Å². The second kappa shape index (κ2) is 3.82. The lowest BCUT2D eigenvalue weighted by Crippen LogP contribution is -2.45. The summed E-state index contributed by atoms with van der Waals surface area (Å²) in [5, 5.41) is 0. The van der Waals surface area contributed by atoms with Crippen molar-refractivity contribution in [3.05, 3.63) is 35.9 Å². The first kappa shape index (κ1) is 9.25. The number of hydrogen-bond acceptors (Lipinski definition) is 2. The Morgan fingerprint density at radius 3 is 2.57 bits per heavy atom. The molecule has 2 atom stereocenters. The van der Waals surface area contributed by atoms with Crippen LogP contribution >= 0.6 is 0 Å². The number of hydrogen-bond donors (Lipinski definition) is 0. The molecule has 1 aliphatic rings. The standard InChI is InChI=1S/C12H14O2/c1-2-11-10(12(13)14-11)8-9-6-4-3-5-7-9/h3-7,10-11H,2,8H2,1H3.